The first kappa shape index (κ1) is 13.5. The van der Waals surface area contributed by atoms with Crippen LogP contribution in [0.25, 0.3) is 11.1 Å². The predicted molar refractivity (Wildman–Crippen MR) is 70.9 cm³/mol. The van der Waals surface area contributed by atoms with Crippen LogP contribution in [0.1, 0.15) is 18.5 Å². The van der Waals surface area contributed by atoms with Gasteiger partial charge in [-0.15, -0.1) is 0 Å². The normalized spacial score (nSPS) is 12.3. The molecule has 0 radical (unpaired) electrons. The lowest BCUT2D eigenvalue weighted by Gasteiger charge is -2.14. The summed E-state index contributed by atoms with van der Waals surface area (Å²) in [5.74, 6) is -0.710. The minimum atomic E-state index is -0.486. The quantitative estimate of drug-likeness (QED) is 0.917. The maximum atomic E-state index is 13.7. The zero-order valence-corrected chi connectivity index (χ0v) is 10.8. The third-order valence-corrected chi connectivity index (χ3v) is 2.97. The highest BCUT2D eigenvalue weighted by molar-refractivity contribution is 5.69. The van der Waals surface area contributed by atoms with E-state index in [0.29, 0.717) is 11.1 Å². The van der Waals surface area contributed by atoms with E-state index in [0.717, 1.165) is 5.56 Å². The summed E-state index contributed by atoms with van der Waals surface area (Å²) in [6.07, 6.45) is 0. The fraction of sp³-hybridized carbons (Fsp3) is 0.200. The summed E-state index contributed by atoms with van der Waals surface area (Å²) in [5.41, 5.74) is 7.79. The molecule has 19 heavy (non-hydrogen) atoms. The summed E-state index contributed by atoms with van der Waals surface area (Å²) >= 11 is 0. The smallest absolute Gasteiger partial charge is 0.165 e. The SMILES string of the molecule is COc1ccc(-c2cc(F)ccc2C(C)N)cc1F. The standard InChI is InChI=1S/C15H15F2NO/c1-9(18)12-5-4-11(16)8-13(12)10-3-6-15(19-2)14(17)7-10/h3-9H,18H2,1-2H3. The number of hydrogen-bond acceptors (Lipinski definition) is 2. The molecule has 100 valence electrons. The molecule has 0 saturated heterocycles. The monoisotopic (exact) mass is 263 g/mol. The summed E-state index contributed by atoms with van der Waals surface area (Å²) in [4.78, 5) is 0. The Morgan fingerprint density at radius 2 is 1.84 bits per heavy atom. The Morgan fingerprint density at radius 3 is 2.42 bits per heavy atom. The molecule has 2 N–H and O–H groups in total. The van der Waals surface area contributed by atoms with E-state index in [1.807, 2.05) is 0 Å². The van der Waals surface area contributed by atoms with Crippen molar-refractivity contribution in [2.45, 2.75) is 13.0 Å². The average Bonchev–Trinajstić information content (AvgIpc) is 2.38. The molecular weight excluding hydrogens is 248 g/mol. The molecule has 2 aromatic rings. The van der Waals surface area contributed by atoms with Crippen LogP contribution in [0.4, 0.5) is 8.78 Å². The Bertz CT molecular complexity index is 597. The topological polar surface area (TPSA) is 35.2 Å². The van der Waals surface area contributed by atoms with Gasteiger partial charge in [-0.25, -0.2) is 8.78 Å². The largest absolute Gasteiger partial charge is 0.494 e. The van der Waals surface area contributed by atoms with E-state index in [1.165, 1.54) is 31.4 Å². The molecule has 0 aliphatic heterocycles. The Morgan fingerprint density at radius 1 is 1.11 bits per heavy atom. The lowest BCUT2D eigenvalue weighted by Crippen LogP contribution is -2.07. The molecule has 4 heteroatoms. The number of rotatable bonds is 3. The first-order chi connectivity index (χ1) is 9.02. The van der Waals surface area contributed by atoms with Crippen molar-refractivity contribution in [3.05, 3.63) is 53.6 Å². The van der Waals surface area contributed by atoms with Crippen molar-refractivity contribution >= 4 is 0 Å². The van der Waals surface area contributed by atoms with Gasteiger partial charge in [-0.05, 0) is 47.9 Å². The first-order valence-electron chi connectivity index (χ1n) is 5.92. The fourth-order valence-corrected chi connectivity index (χ4v) is 2.01. The molecule has 0 bridgehead atoms. The van der Waals surface area contributed by atoms with Gasteiger partial charge in [0.05, 0.1) is 7.11 Å². The van der Waals surface area contributed by atoms with Gasteiger partial charge in [0.2, 0.25) is 0 Å². The van der Waals surface area contributed by atoms with E-state index < -0.39 is 5.82 Å². The molecule has 0 saturated carbocycles. The van der Waals surface area contributed by atoms with Crippen molar-refractivity contribution in [2.24, 2.45) is 5.73 Å². The molecule has 2 nitrogen and oxygen atoms in total. The van der Waals surface area contributed by atoms with Gasteiger partial charge >= 0.3 is 0 Å². The highest BCUT2D eigenvalue weighted by Gasteiger charge is 2.12. The number of benzene rings is 2. The maximum Gasteiger partial charge on any atom is 0.165 e. The van der Waals surface area contributed by atoms with Gasteiger partial charge in [0.1, 0.15) is 5.82 Å². The lowest BCUT2D eigenvalue weighted by molar-refractivity contribution is 0.386. The summed E-state index contributed by atoms with van der Waals surface area (Å²) in [6.45, 7) is 1.80. The Kier molecular flexibility index (Phi) is 3.81. The van der Waals surface area contributed by atoms with Gasteiger partial charge < -0.3 is 10.5 Å². The van der Waals surface area contributed by atoms with Crippen LogP contribution in [0.2, 0.25) is 0 Å². The predicted octanol–water partition coefficient (Wildman–Crippen LogP) is 3.66. The van der Waals surface area contributed by atoms with Crippen molar-refractivity contribution in [3.63, 3.8) is 0 Å². The molecule has 0 heterocycles. The average molecular weight is 263 g/mol. The van der Waals surface area contributed by atoms with Crippen molar-refractivity contribution < 1.29 is 13.5 Å². The van der Waals surface area contributed by atoms with Crippen molar-refractivity contribution in [3.8, 4) is 16.9 Å². The van der Waals surface area contributed by atoms with Crippen LogP contribution in [0.3, 0.4) is 0 Å². The molecular formula is C15H15F2NO. The van der Waals surface area contributed by atoms with Gasteiger partial charge in [-0.3, -0.25) is 0 Å². The zero-order valence-electron chi connectivity index (χ0n) is 10.8. The van der Waals surface area contributed by atoms with Crippen LogP contribution in [-0.4, -0.2) is 7.11 Å². The maximum absolute atomic E-state index is 13.7. The number of nitrogens with two attached hydrogens (primary N) is 1. The molecule has 0 spiro atoms. The zero-order chi connectivity index (χ0) is 14.0. The Balaban J connectivity index is 2.57. The molecule has 1 unspecified atom stereocenters. The van der Waals surface area contributed by atoms with E-state index >= 15 is 0 Å². The number of ether oxygens (including phenoxy) is 1. The molecule has 0 amide bonds. The molecule has 0 fully saturated rings. The third-order valence-electron chi connectivity index (χ3n) is 2.97. The van der Waals surface area contributed by atoms with Crippen LogP contribution in [0.15, 0.2) is 36.4 Å². The van der Waals surface area contributed by atoms with Crippen LogP contribution in [0.5, 0.6) is 5.75 Å². The van der Waals surface area contributed by atoms with Gasteiger partial charge in [-0.2, -0.15) is 0 Å². The van der Waals surface area contributed by atoms with E-state index in [2.05, 4.69) is 0 Å². The van der Waals surface area contributed by atoms with Crippen molar-refractivity contribution in [1.82, 2.24) is 0 Å². The first-order valence-corrected chi connectivity index (χ1v) is 5.92. The third kappa shape index (κ3) is 2.74. The van der Waals surface area contributed by atoms with E-state index in [9.17, 15) is 8.78 Å². The van der Waals surface area contributed by atoms with Gasteiger partial charge in [0.15, 0.2) is 11.6 Å². The fourth-order valence-electron chi connectivity index (χ4n) is 2.01. The van der Waals surface area contributed by atoms with Crippen molar-refractivity contribution in [2.75, 3.05) is 7.11 Å². The number of halogens is 2. The molecule has 0 aliphatic rings. The highest BCUT2D eigenvalue weighted by atomic mass is 19.1. The molecule has 0 aromatic heterocycles. The summed E-state index contributed by atoms with van der Waals surface area (Å²) in [6, 6.07) is 8.59. The molecule has 2 aromatic carbocycles. The minimum absolute atomic E-state index is 0.155. The number of hydrogen-bond donors (Lipinski definition) is 1. The van der Waals surface area contributed by atoms with E-state index in [-0.39, 0.29) is 17.6 Å². The minimum Gasteiger partial charge on any atom is -0.494 e. The van der Waals surface area contributed by atoms with Crippen LogP contribution < -0.4 is 10.5 Å². The summed E-state index contributed by atoms with van der Waals surface area (Å²) < 4.78 is 32.0. The molecule has 1 atom stereocenters. The van der Waals surface area contributed by atoms with E-state index in [4.69, 9.17) is 10.5 Å². The van der Waals surface area contributed by atoms with Crippen LogP contribution in [0, 0.1) is 11.6 Å². The van der Waals surface area contributed by atoms with Crippen LogP contribution >= 0.6 is 0 Å². The second-order valence-corrected chi connectivity index (χ2v) is 4.37. The Hall–Kier alpha value is -1.94. The molecule has 0 aliphatic carbocycles. The summed E-state index contributed by atoms with van der Waals surface area (Å²) in [5, 5.41) is 0. The highest BCUT2D eigenvalue weighted by Crippen LogP contribution is 2.31. The molecule has 2 rings (SSSR count). The second-order valence-electron chi connectivity index (χ2n) is 4.37. The van der Waals surface area contributed by atoms with Crippen LogP contribution in [-0.2, 0) is 0 Å². The van der Waals surface area contributed by atoms with E-state index in [1.54, 1.807) is 19.1 Å². The van der Waals surface area contributed by atoms with Gasteiger partial charge in [-0.1, -0.05) is 12.1 Å². The second kappa shape index (κ2) is 5.36. The van der Waals surface area contributed by atoms with Gasteiger partial charge in [0.25, 0.3) is 0 Å². The lowest BCUT2D eigenvalue weighted by atomic mass is 9.95. The van der Waals surface area contributed by atoms with Crippen molar-refractivity contribution in [1.29, 1.82) is 0 Å². The Labute approximate surface area is 110 Å². The number of methoxy groups -OCH3 is 1. The van der Waals surface area contributed by atoms with Gasteiger partial charge in [0, 0.05) is 6.04 Å². The summed E-state index contributed by atoms with van der Waals surface area (Å²) in [7, 11) is 1.40.